The van der Waals surface area contributed by atoms with Gasteiger partial charge in [-0.15, -0.1) is 11.3 Å². The van der Waals surface area contributed by atoms with Gasteiger partial charge in [0.05, 0.1) is 4.90 Å². The molecule has 2 aromatic rings. The minimum Gasteiger partial charge on any atom is -0.348 e. The minimum atomic E-state index is -3.74. The summed E-state index contributed by atoms with van der Waals surface area (Å²) in [4.78, 5) is 25.2. The average Bonchev–Trinajstić information content (AvgIpc) is 3.29. The molecule has 1 aromatic heterocycles. The smallest absolute Gasteiger partial charge is 0.309 e. The number of allylic oxidation sites excluding steroid dienone is 1. The Bertz CT molecular complexity index is 1030. The monoisotopic (exact) mass is 460 g/mol. The quantitative estimate of drug-likeness (QED) is 0.464. The van der Waals surface area contributed by atoms with Crippen molar-refractivity contribution < 1.29 is 18.0 Å². The van der Waals surface area contributed by atoms with Crippen LogP contribution in [0.15, 0.2) is 58.3 Å². The number of aryl methyl sites for hydroxylation is 1. The van der Waals surface area contributed by atoms with Gasteiger partial charge in [0.15, 0.2) is 9.84 Å². The number of sulfone groups is 1. The van der Waals surface area contributed by atoms with E-state index in [2.05, 4.69) is 16.7 Å². The Balaban J connectivity index is 1.61. The van der Waals surface area contributed by atoms with Crippen LogP contribution in [-0.4, -0.2) is 33.3 Å². The zero-order chi connectivity index (χ0) is 22.3. The summed E-state index contributed by atoms with van der Waals surface area (Å²) in [7, 11) is -3.74. The third-order valence-electron chi connectivity index (χ3n) is 5.36. The fourth-order valence-electron chi connectivity index (χ4n) is 3.54. The second kappa shape index (κ2) is 10.7. The van der Waals surface area contributed by atoms with Crippen molar-refractivity contribution in [2.75, 3.05) is 13.1 Å². The SMILES string of the molecule is Cc1ccc(S(=O)(=O)C(CNC(=O)C(=O)NCCC2=CCCCC2)c2cccs2)cc1. The van der Waals surface area contributed by atoms with Crippen LogP contribution in [0.2, 0.25) is 0 Å². The lowest BCUT2D eigenvalue weighted by atomic mass is 9.97. The molecule has 8 heteroatoms. The van der Waals surface area contributed by atoms with Crippen LogP contribution in [0.3, 0.4) is 0 Å². The van der Waals surface area contributed by atoms with Crippen LogP contribution in [0.5, 0.6) is 0 Å². The van der Waals surface area contributed by atoms with Gasteiger partial charge in [-0.1, -0.05) is 35.4 Å². The highest BCUT2D eigenvalue weighted by Crippen LogP contribution is 2.31. The van der Waals surface area contributed by atoms with Crippen LogP contribution in [0.1, 0.15) is 47.8 Å². The molecule has 1 aromatic carbocycles. The average molecular weight is 461 g/mol. The number of rotatable bonds is 8. The Kier molecular flexibility index (Phi) is 8.03. The number of carbonyl (C=O) groups is 2. The molecule has 2 amide bonds. The van der Waals surface area contributed by atoms with Gasteiger partial charge < -0.3 is 10.6 Å². The molecule has 31 heavy (non-hydrogen) atoms. The maximum atomic E-state index is 13.2. The van der Waals surface area contributed by atoms with Crippen molar-refractivity contribution in [3.63, 3.8) is 0 Å². The van der Waals surface area contributed by atoms with Gasteiger partial charge in [0.1, 0.15) is 5.25 Å². The first-order valence-corrected chi connectivity index (χ1v) is 12.9. The predicted octanol–water partition coefficient (Wildman–Crippen LogP) is 3.69. The second-order valence-electron chi connectivity index (χ2n) is 7.69. The third kappa shape index (κ3) is 6.27. The normalized spacial score (nSPS) is 15.1. The first-order valence-electron chi connectivity index (χ1n) is 10.5. The van der Waals surface area contributed by atoms with Gasteiger partial charge >= 0.3 is 11.8 Å². The molecule has 0 saturated heterocycles. The molecule has 0 spiro atoms. The first kappa shape index (κ1) is 23.2. The zero-order valence-electron chi connectivity index (χ0n) is 17.6. The molecule has 1 atom stereocenters. The van der Waals surface area contributed by atoms with E-state index in [1.54, 1.807) is 41.8 Å². The predicted molar refractivity (Wildman–Crippen MR) is 123 cm³/mol. The number of hydrogen-bond donors (Lipinski definition) is 2. The molecule has 0 bridgehead atoms. The Hall–Kier alpha value is -2.45. The van der Waals surface area contributed by atoms with E-state index in [1.807, 2.05) is 6.92 Å². The zero-order valence-corrected chi connectivity index (χ0v) is 19.2. The molecule has 1 heterocycles. The van der Waals surface area contributed by atoms with Crippen molar-refractivity contribution in [1.29, 1.82) is 0 Å². The van der Waals surface area contributed by atoms with Crippen molar-refractivity contribution in [2.24, 2.45) is 0 Å². The summed E-state index contributed by atoms with van der Waals surface area (Å²) in [5, 5.41) is 5.97. The number of carbonyl (C=O) groups excluding carboxylic acids is 2. The van der Waals surface area contributed by atoms with Crippen LogP contribution in [0.25, 0.3) is 0 Å². The lowest BCUT2D eigenvalue weighted by Crippen LogP contribution is -2.42. The van der Waals surface area contributed by atoms with E-state index in [4.69, 9.17) is 0 Å². The summed E-state index contributed by atoms with van der Waals surface area (Å²) in [6, 6.07) is 10.1. The first-order chi connectivity index (χ1) is 14.9. The van der Waals surface area contributed by atoms with E-state index in [1.165, 1.54) is 29.8 Å². The molecule has 3 rings (SSSR count). The molecule has 0 saturated carbocycles. The number of hydrogen-bond acceptors (Lipinski definition) is 5. The highest BCUT2D eigenvalue weighted by Gasteiger charge is 2.31. The van der Waals surface area contributed by atoms with Crippen molar-refractivity contribution in [3.8, 4) is 0 Å². The summed E-state index contributed by atoms with van der Waals surface area (Å²) in [5.74, 6) is -1.56. The van der Waals surface area contributed by atoms with Crippen LogP contribution < -0.4 is 10.6 Å². The van der Waals surface area contributed by atoms with Crippen LogP contribution in [0, 0.1) is 6.92 Å². The maximum absolute atomic E-state index is 13.2. The van der Waals surface area contributed by atoms with Gasteiger partial charge in [-0.25, -0.2) is 8.42 Å². The van der Waals surface area contributed by atoms with Gasteiger partial charge in [-0.05, 0) is 62.6 Å². The van der Waals surface area contributed by atoms with Gasteiger partial charge in [-0.2, -0.15) is 0 Å². The van der Waals surface area contributed by atoms with Crippen molar-refractivity contribution >= 4 is 33.0 Å². The van der Waals surface area contributed by atoms with E-state index >= 15 is 0 Å². The Morgan fingerprint density at radius 2 is 1.81 bits per heavy atom. The molecular formula is C23H28N2O4S2. The molecule has 1 aliphatic carbocycles. The summed E-state index contributed by atoms with van der Waals surface area (Å²) in [5.41, 5.74) is 2.27. The maximum Gasteiger partial charge on any atom is 0.309 e. The minimum absolute atomic E-state index is 0.172. The van der Waals surface area contributed by atoms with Crippen molar-refractivity contribution in [2.45, 2.75) is 49.2 Å². The van der Waals surface area contributed by atoms with Gasteiger partial charge in [0.2, 0.25) is 0 Å². The van der Waals surface area contributed by atoms with Gasteiger partial charge in [-0.3, -0.25) is 9.59 Å². The summed E-state index contributed by atoms with van der Waals surface area (Å²) in [6.45, 7) is 2.11. The lowest BCUT2D eigenvalue weighted by molar-refractivity contribution is -0.139. The van der Waals surface area contributed by atoms with Crippen LogP contribution >= 0.6 is 11.3 Å². The van der Waals surface area contributed by atoms with E-state index in [-0.39, 0.29) is 11.4 Å². The highest BCUT2D eigenvalue weighted by atomic mass is 32.2. The Morgan fingerprint density at radius 1 is 1.06 bits per heavy atom. The molecule has 166 valence electrons. The van der Waals surface area contributed by atoms with Crippen LogP contribution in [0.4, 0.5) is 0 Å². The van der Waals surface area contributed by atoms with Gasteiger partial charge in [0.25, 0.3) is 0 Å². The van der Waals surface area contributed by atoms with Crippen molar-refractivity contribution in [3.05, 3.63) is 63.9 Å². The van der Waals surface area contributed by atoms with Gasteiger partial charge in [0, 0.05) is 18.0 Å². The summed E-state index contributed by atoms with van der Waals surface area (Å²) >= 11 is 1.31. The topological polar surface area (TPSA) is 92.3 Å². The Morgan fingerprint density at radius 3 is 2.45 bits per heavy atom. The summed E-state index contributed by atoms with van der Waals surface area (Å²) < 4.78 is 26.4. The fraction of sp³-hybridized carbons (Fsp3) is 0.391. The molecule has 0 fully saturated rings. The van der Waals surface area contributed by atoms with E-state index in [0.29, 0.717) is 11.4 Å². The second-order valence-corrected chi connectivity index (χ2v) is 10.8. The van der Waals surface area contributed by atoms with E-state index in [9.17, 15) is 18.0 Å². The molecule has 1 unspecified atom stereocenters. The molecule has 2 N–H and O–H groups in total. The lowest BCUT2D eigenvalue weighted by Gasteiger charge is -2.17. The van der Waals surface area contributed by atoms with E-state index < -0.39 is 26.9 Å². The molecule has 6 nitrogen and oxygen atoms in total. The number of amides is 2. The standard InChI is InChI=1S/C23H28N2O4S2/c1-17-9-11-19(12-10-17)31(28,29)21(20-8-5-15-30-20)16-25-23(27)22(26)24-14-13-18-6-3-2-4-7-18/h5-6,8-12,15,21H,2-4,7,13-14,16H2,1H3,(H,24,26)(H,25,27). The van der Waals surface area contributed by atoms with Crippen molar-refractivity contribution in [1.82, 2.24) is 10.6 Å². The molecule has 0 radical (unpaired) electrons. The van der Waals surface area contributed by atoms with E-state index in [0.717, 1.165) is 24.8 Å². The molecular weight excluding hydrogens is 432 g/mol. The molecule has 1 aliphatic rings. The number of thiophene rings is 1. The number of nitrogens with one attached hydrogen (secondary N) is 2. The largest absolute Gasteiger partial charge is 0.348 e. The fourth-order valence-corrected chi connectivity index (χ4v) is 6.33. The molecule has 0 aliphatic heterocycles. The number of benzene rings is 1. The Labute approximate surface area is 187 Å². The van der Waals surface area contributed by atoms with Crippen LogP contribution in [-0.2, 0) is 19.4 Å². The highest BCUT2D eigenvalue weighted by molar-refractivity contribution is 7.91. The third-order valence-corrected chi connectivity index (χ3v) is 8.59. The summed E-state index contributed by atoms with van der Waals surface area (Å²) in [6.07, 6.45) is 7.43.